The van der Waals surface area contributed by atoms with Gasteiger partial charge in [-0.25, -0.2) is 0 Å². The Morgan fingerprint density at radius 3 is 2.20 bits per heavy atom. The molecule has 0 aromatic rings. The van der Waals surface area contributed by atoms with Crippen molar-refractivity contribution in [3.63, 3.8) is 0 Å². The van der Waals surface area contributed by atoms with Gasteiger partial charge in [0.2, 0.25) is 0 Å². The van der Waals surface area contributed by atoms with Crippen molar-refractivity contribution in [3.8, 4) is 0 Å². The van der Waals surface area contributed by atoms with E-state index in [0.29, 0.717) is 25.2 Å². The number of unbranched alkanes of at least 4 members (excludes halogenated alkanes) is 2. The summed E-state index contributed by atoms with van der Waals surface area (Å²) in [5.41, 5.74) is 1.23. The zero-order valence-electron chi connectivity index (χ0n) is 30.1. The lowest BCUT2D eigenvalue weighted by molar-refractivity contribution is -0.161. The Balaban J connectivity index is 1.80. The SMILES string of the molecule is CCCCCC(=O)O[C@H]1C[C@H](O[Si](C)(C)C(C)(C)C)C=C2C=C[C@@H](C)[C@H](CC[C@H]3C[C@@H](O[Si](C)(C)C(C)(C)C)CC(=O)O3)[C@H]21. The van der Waals surface area contributed by atoms with Crippen LogP contribution in [0.4, 0.5) is 0 Å². The lowest BCUT2D eigenvalue weighted by Crippen LogP contribution is -2.48. The molecule has 1 fully saturated rings. The Bertz CT molecular complexity index is 1050. The molecule has 252 valence electrons. The highest BCUT2D eigenvalue weighted by Gasteiger charge is 2.46. The number of rotatable bonds is 12. The van der Waals surface area contributed by atoms with Gasteiger partial charge in [0.25, 0.3) is 0 Å². The summed E-state index contributed by atoms with van der Waals surface area (Å²) < 4.78 is 25.8. The molecule has 1 heterocycles. The number of esters is 2. The van der Waals surface area contributed by atoms with E-state index in [9.17, 15) is 9.59 Å². The number of hydrogen-bond donors (Lipinski definition) is 0. The highest BCUT2D eigenvalue weighted by Crippen LogP contribution is 2.47. The molecule has 0 unspecified atom stereocenters. The maximum absolute atomic E-state index is 13.1. The van der Waals surface area contributed by atoms with Gasteiger partial charge in [-0.1, -0.05) is 86.5 Å². The van der Waals surface area contributed by atoms with Crippen LogP contribution in [0.5, 0.6) is 0 Å². The lowest BCUT2D eigenvalue weighted by atomic mass is 9.66. The summed E-state index contributed by atoms with van der Waals surface area (Å²) in [5, 5.41) is 0.185. The van der Waals surface area contributed by atoms with Crippen molar-refractivity contribution in [1.82, 2.24) is 0 Å². The van der Waals surface area contributed by atoms with Gasteiger partial charge in [-0.05, 0) is 72.9 Å². The van der Waals surface area contributed by atoms with Crippen LogP contribution in [0.25, 0.3) is 0 Å². The van der Waals surface area contributed by atoms with Crippen molar-refractivity contribution in [2.24, 2.45) is 17.8 Å². The van der Waals surface area contributed by atoms with Crippen LogP contribution < -0.4 is 0 Å². The monoisotopic (exact) mass is 648 g/mol. The summed E-state index contributed by atoms with van der Waals surface area (Å²) in [4.78, 5) is 25.8. The molecule has 0 aromatic carbocycles. The molecule has 3 rings (SSSR count). The van der Waals surface area contributed by atoms with E-state index in [1.54, 1.807) is 0 Å². The molecule has 0 spiro atoms. The Labute approximate surface area is 271 Å². The second-order valence-electron chi connectivity index (χ2n) is 16.8. The van der Waals surface area contributed by atoms with Gasteiger partial charge in [0.15, 0.2) is 16.6 Å². The first-order valence-corrected chi connectivity index (χ1v) is 23.2. The quantitative estimate of drug-likeness (QED) is 0.119. The molecule has 0 aromatic heterocycles. The van der Waals surface area contributed by atoms with Gasteiger partial charge >= 0.3 is 11.9 Å². The van der Waals surface area contributed by atoms with Gasteiger partial charge in [0, 0.05) is 25.2 Å². The van der Waals surface area contributed by atoms with Crippen LogP contribution in [0, 0.1) is 17.8 Å². The van der Waals surface area contributed by atoms with E-state index < -0.39 is 16.6 Å². The molecule has 0 radical (unpaired) electrons. The second kappa shape index (κ2) is 14.7. The first-order chi connectivity index (χ1) is 20.2. The zero-order valence-corrected chi connectivity index (χ0v) is 32.1. The minimum atomic E-state index is -2.02. The van der Waals surface area contributed by atoms with Crippen molar-refractivity contribution in [2.45, 2.75) is 174 Å². The highest BCUT2D eigenvalue weighted by molar-refractivity contribution is 6.74. The molecule has 1 aliphatic heterocycles. The Morgan fingerprint density at radius 1 is 0.955 bits per heavy atom. The van der Waals surface area contributed by atoms with Crippen molar-refractivity contribution in [1.29, 1.82) is 0 Å². The third-order valence-electron chi connectivity index (χ3n) is 11.2. The van der Waals surface area contributed by atoms with Crippen molar-refractivity contribution in [2.75, 3.05) is 0 Å². The molecule has 0 bridgehead atoms. The molecule has 1 saturated heterocycles. The fourth-order valence-electron chi connectivity index (χ4n) is 6.44. The molecule has 44 heavy (non-hydrogen) atoms. The van der Waals surface area contributed by atoms with Gasteiger partial charge in [-0.3, -0.25) is 9.59 Å². The van der Waals surface area contributed by atoms with E-state index in [4.69, 9.17) is 18.3 Å². The summed E-state index contributed by atoms with van der Waals surface area (Å²) in [5.74, 6) is 0.486. The minimum Gasteiger partial charge on any atom is -0.462 e. The fourth-order valence-corrected chi connectivity index (χ4v) is 9.08. The summed E-state index contributed by atoms with van der Waals surface area (Å²) in [6.45, 7) is 27.0. The maximum Gasteiger partial charge on any atom is 0.308 e. The fraction of sp³-hybridized carbons (Fsp3) is 0.833. The number of carbonyl (C=O) groups excluding carboxylic acids is 2. The Morgan fingerprint density at radius 2 is 1.59 bits per heavy atom. The minimum absolute atomic E-state index is 0.0677. The van der Waals surface area contributed by atoms with E-state index in [0.717, 1.165) is 38.5 Å². The molecule has 0 N–H and O–H groups in total. The van der Waals surface area contributed by atoms with Crippen LogP contribution in [0.2, 0.25) is 36.3 Å². The number of hydrogen-bond acceptors (Lipinski definition) is 6. The summed E-state index contributed by atoms with van der Waals surface area (Å²) in [6.07, 6.45) is 13.3. The number of ether oxygens (including phenoxy) is 2. The lowest BCUT2D eigenvalue weighted by Gasteiger charge is -2.46. The molecule has 0 saturated carbocycles. The van der Waals surface area contributed by atoms with Crippen molar-refractivity contribution >= 4 is 28.6 Å². The summed E-state index contributed by atoms with van der Waals surface area (Å²) in [6, 6.07) is 0. The predicted octanol–water partition coefficient (Wildman–Crippen LogP) is 9.51. The molecular formula is C36H64O6Si2. The summed E-state index contributed by atoms with van der Waals surface area (Å²) in [7, 11) is -4.02. The molecule has 0 amide bonds. The van der Waals surface area contributed by atoms with Gasteiger partial charge in [0.05, 0.1) is 18.6 Å². The van der Waals surface area contributed by atoms with Crippen molar-refractivity contribution in [3.05, 3.63) is 23.8 Å². The van der Waals surface area contributed by atoms with Crippen LogP contribution >= 0.6 is 0 Å². The molecule has 7 atom stereocenters. The molecule has 2 aliphatic carbocycles. The first kappa shape index (κ1) is 37.2. The van der Waals surface area contributed by atoms with Crippen LogP contribution in [-0.2, 0) is 27.9 Å². The zero-order chi connectivity index (χ0) is 33.1. The number of carbonyl (C=O) groups is 2. The van der Waals surface area contributed by atoms with Crippen LogP contribution in [0.3, 0.4) is 0 Å². The molecule has 3 aliphatic rings. The number of cyclic esters (lactones) is 1. The topological polar surface area (TPSA) is 71.1 Å². The predicted molar refractivity (Wildman–Crippen MR) is 184 cm³/mol. The third-order valence-corrected chi connectivity index (χ3v) is 20.2. The average molecular weight is 649 g/mol. The Hall–Kier alpha value is -1.23. The first-order valence-electron chi connectivity index (χ1n) is 17.4. The number of allylic oxidation sites excluding steroid dienone is 2. The van der Waals surface area contributed by atoms with Gasteiger partial charge in [-0.15, -0.1) is 0 Å². The maximum atomic E-state index is 13.1. The highest BCUT2D eigenvalue weighted by atomic mass is 28.4. The molecular weight excluding hydrogens is 585 g/mol. The number of fused-ring (bicyclic) bond motifs is 1. The van der Waals surface area contributed by atoms with E-state index in [1.807, 2.05) is 0 Å². The van der Waals surface area contributed by atoms with E-state index in [-0.39, 0.29) is 58.3 Å². The Kier molecular flexibility index (Phi) is 12.4. The van der Waals surface area contributed by atoms with E-state index in [1.165, 1.54) is 5.57 Å². The van der Waals surface area contributed by atoms with Crippen LogP contribution in [-0.4, -0.2) is 53.0 Å². The van der Waals surface area contributed by atoms with Crippen LogP contribution in [0.15, 0.2) is 23.8 Å². The van der Waals surface area contributed by atoms with Crippen LogP contribution in [0.1, 0.15) is 113 Å². The average Bonchev–Trinajstić information content (AvgIpc) is 2.86. The van der Waals surface area contributed by atoms with E-state index in [2.05, 4.69) is 99.8 Å². The third kappa shape index (κ3) is 9.65. The molecule has 8 heteroatoms. The van der Waals surface area contributed by atoms with Crippen molar-refractivity contribution < 1.29 is 27.9 Å². The van der Waals surface area contributed by atoms with E-state index >= 15 is 0 Å². The summed E-state index contributed by atoms with van der Waals surface area (Å²) >= 11 is 0. The smallest absolute Gasteiger partial charge is 0.308 e. The van der Waals surface area contributed by atoms with Gasteiger partial charge in [-0.2, -0.15) is 0 Å². The standard InChI is InChI=1S/C36H64O6Si2/c1-13-14-15-16-32(37)40-31-23-28(41-43(9,10)35(3,4)5)21-26-18-17-25(2)30(34(26)31)20-19-27-22-29(24-33(38)39-27)42-44(11,12)36(6,7)8/h17-18,21,25,27-31,34H,13-16,19-20,22-24H2,1-12H3/t25-,27+,28-,29-,30+,31+,34+/m1/s1. The second-order valence-corrected chi connectivity index (χ2v) is 26.4. The largest absolute Gasteiger partial charge is 0.462 e. The molecule has 6 nitrogen and oxygen atoms in total. The van der Waals surface area contributed by atoms with Gasteiger partial charge in [0.1, 0.15) is 12.2 Å². The normalized spacial score (nSPS) is 30.0. The van der Waals surface area contributed by atoms with Gasteiger partial charge < -0.3 is 18.3 Å².